The summed E-state index contributed by atoms with van der Waals surface area (Å²) in [5, 5.41) is 10.8. The molecular weight excluding hydrogens is 284 g/mol. The second-order valence-electron chi connectivity index (χ2n) is 6.58. The van der Waals surface area contributed by atoms with Gasteiger partial charge in [-0.25, -0.2) is 4.79 Å². The fourth-order valence-electron chi connectivity index (χ4n) is 2.42. The van der Waals surface area contributed by atoms with Crippen molar-refractivity contribution in [1.82, 2.24) is 9.88 Å². The lowest BCUT2D eigenvalue weighted by atomic mass is 9.88. The largest absolute Gasteiger partial charge is 0.495 e. The van der Waals surface area contributed by atoms with E-state index in [1.807, 2.05) is 20.8 Å². The van der Waals surface area contributed by atoms with Crippen LogP contribution < -0.4 is 4.74 Å². The maximum absolute atomic E-state index is 12.0. The summed E-state index contributed by atoms with van der Waals surface area (Å²) >= 11 is 0. The van der Waals surface area contributed by atoms with Crippen molar-refractivity contribution in [3.63, 3.8) is 0 Å². The number of pyridine rings is 1. The number of nitrogens with zero attached hydrogens (tertiary/aromatic N) is 2. The van der Waals surface area contributed by atoms with Gasteiger partial charge in [-0.15, -0.1) is 0 Å². The summed E-state index contributed by atoms with van der Waals surface area (Å²) in [6.07, 6.45) is 2.13. The Hall–Kier alpha value is -1.82. The summed E-state index contributed by atoms with van der Waals surface area (Å²) in [5.74, 6) is 0.651. The summed E-state index contributed by atoms with van der Waals surface area (Å²) in [7, 11) is 1.57. The second-order valence-corrected chi connectivity index (χ2v) is 6.58. The van der Waals surface area contributed by atoms with E-state index in [1.54, 1.807) is 30.3 Å². The van der Waals surface area contributed by atoms with Gasteiger partial charge in [-0.2, -0.15) is 0 Å². The Kier molecular flexibility index (Phi) is 4.60. The highest BCUT2D eigenvalue weighted by Crippen LogP contribution is 2.32. The number of methoxy groups -OCH3 is 1. The number of likely N-dealkylation sites (tertiary alicyclic amines) is 1. The molecule has 1 aromatic heterocycles. The molecule has 0 spiro atoms. The van der Waals surface area contributed by atoms with Crippen LogP contribution in [0, 0.1) is 0 Å². The van der Waals surface area contributed by atoms with Gasteiger partial charge in [-0.05, 0) is 45.7 Å². The van der Waals surface area contributed by atoms with Gasteiger partial charge in [0.2, 0.25) is 0 Å². The van der Waals surface area contributed by atoms with Gasteiger partial charge in [-0.1, -0.05) is 0 Å². The molecule has 6 nitrogen and oxygen atoms in total. The summed E-state index contributed by atoms with van der Waals surface area (Å²) < 4.78 is 10.4. The standard InChI is InChI=1S/C16H24N2O4/c1-15(2,3)22-14(19)18-9-7-16(20,8-10-18)13-6-5-12(21-4)11-17-13/h5-6,11,20H,7-10H2,1-4H3. The molecule has 1 aliphatic rings. The molecular formula is C16H24N2O4. The smallest absolute Gasteiger partial charge is 0.410 e. The van der Waals surface area contributed by atoms with E-state index in [4.69, 9.17) is 9.47 Å². The van der Waals surface area contributed by atoms with Gasteiger partial charge < -0.3 is 19.5 Å². The molecule has 0 aromatic carbocycles. The van der Waals surface area contributed by atoms with Crippen LogP contribution in [0.3, 0.4) is 0 Å². The van der Waals surface area contributed by atoms with Gasteiger partial charge in [0.05, 0.1) is 19.0 Å². The molecule has 122 valence electrons. The quantitative estimate of drug-likeness (QED) is 0.907. The summed E-state index contributed by atoms with van der Waals surface area (Å²) in [5.41, 5.74) is -0.912. The average Bonchev–Trinajstić information content (AvgIpc) is 2.46. The van der Waals surface area contributed by atoms with Crippen LogP contribution in [0.15, 0.2) is 18.3 Å². The first-order valence-corrected chi connectivity index (χ1v) is 7.44. The van der Waals surface area contributed by atoms with E-state index in [1.165, 1.54) is 0 Å². The number of aliphatic hydroxyl groups is 1. The molecule has 2 heterocycles. The molecule has 1 saturated heterocycles. The van der Waals surface area contributed by atoms with Crippen molar-refractivity contribution >= 4 is 6.09 Å². The Balaban J connectivity index is 1.99. The molecule has 6 heteroatoms. The SMILES string of the molecule is COc1ccc(C2(O)CCN(C(=O)OC(C)(C)C)CC2)nc1. The van der Waals surface area contributed by atoms with Crippen LogP contribution in [0.4, 0.5) is 4.79 Å². The van der Waals surface area contributed by atoms with Gasteiger partial charge in [0, 0.05) is 13.1 Å². The number of hydrogen-bond donors (Lipinski definition) is 1. The minimum absolute atomic E-state index is 0.336. The molecule has 0 atom stereocenters. The first-order valence-electron chi connectivity index (χ1n) is 7.44. The van der Waals surface area contributed by atoms with E-state index < -0.39 is 11.2 Å². The van der Waals surface area contributed by atoms with Crippen molar-refractivity contribution in [2.24, 2.45) is 0 Å². The highest BCUT2D eigenvalue weighted by molar-refractivity contribution is 5.68. The van der Waals surface area contributed by atoms with Gasteiger partial charge in [0.15, 0.2) is 0 Å². The van der Waals surface area contributed by atoms with Crippen LogP contribution in [0.5, 0.6) is 5.75 Å². The lowest BCUT2D eigenvalue weighted by Crippen LogP contribution is -2.47. The molecule has 1 aliphatic heterocycles. The van der Waals surface area contributed by atoms with E-state index in [9.17, 15) is 9.90 Å². The molecule has 0 aliphatic carbocycles. The third kappa shape index (κ3) is 3.88. The third-order valence-corrected chi connectivity index (χ3v) is 3.69. The number of rotatable bonds is 2. The Morgan fingerprint density at radius 2 is 1.95 bits per heavy atom. The van der Waals surface area contributed by atoms with E-state index in [0.717, 1.165) is 0 Å². The predicted molar refractivity (Wildman–Crippen MR) is 81.7 cm³/mol. The summed E-state index contributed by atoms with van der Waals surface area (Å²) in [6.45, 7) is 6.41. The number of aromatic nitrogens is 1. The third-order valence-electron chi connectivity index (χ3n) is 3.69. The monoisotopic (exact) mass is 308 g/mol. The number of carbonyl (C=O) groups is 1. The van der Waals surface area contributed by atoms with Crippen molar-refractivity contribution in [3.05, 3.63) is 24.0 Å². The molecule has 0 saturated carbocycles. The molecule has 0 unspecified atom stereocenters. The number of piperidine rings is 1. The lowest BCUT2D eigenvalue weighted by molar-refractivity contribution is -0.0381. The second kappa shape index (κ2) is 6.12. The zero-order chi connectivity index (χ0) is 16.4. The molecule has 1 fully saturated rings. The van der Waals surface area contributed by atoms with E-state index >= 15 is 0 Å². The van der Waals surface area contributed by atoms with Crippen molar-refractivity contribution in [2.75, 3.05) is 20.2 Å². The minimum atomic E-state index is -1.01. The fraction of sp³-hybridized carbons (Fsp3) is 0.625. The van der Waals surface area contributed by atoms with E-state index in [0.29, 0.717) is 37.4 Å². The highest BCUT2D eigenvalue weighted by atomic mass is 16.6. The predicted octanol–water partition coefficient (Wildman–Crippen LogP) is 2.31. The van der Waals surface area contributed by atoms with Crippen LogP contribution in [0.1, 0.15) is 39.3 Å². The first kappa shape index (κ1) is 16.5. The van der Waals surface area contributed by atoms with Gasteiger partial charge in [0.25, 0.3) is 0 Å². The maximum Gasteiger partial charge on any atom is 0.410 e. The molecule has 1 aromatic rings. The van der Waals surface area contributed by atoms with Crippen LogP contribution in [0.2, 0.25) is 0 Å². The molecule has 0 radical (unpaired) electrons. The number of carbonyl (C=O) groups excluding carboxylic acids is 1. The maximum atomic E-state index is 12.0. The topological polar surface area (TPSA) is 71.9 Å². The number of amides is 1. The molecule has 2 rings (SSSR count). The van der Waals surface area contributed by atoms with Gasteiger partial charge in [0.1, 0.15) is 17.0 Å². The van der Waals surface area contributed by atoms with E-state index in [2.05, 4.69) is 4.98 Å². The Bertz CT molecular complexity index is 514. The van der Waals surface area contributed by atoms with Crippen molar-refractivity contribution < 1.29 is 19.4 Å². The van der Waals surface area contributed by atoms with Gasteiger partial charge in [-0.3, -0.25) is 4.98 Å². The Labute approximate surface area is 131 Å². The zero-order valence-corrected chi connectivity index (χ0v) is 13.6. The van der Waals surface area contributed by atoms with E-state index in [-0.39, 0.29) is 6.09 Å². The average molecular weight is 308 g/mol. The minimum Gasteiger partial charge on any atom is -0.495 e. The van der Waals surface area contributed by atoms with Crippen molar-refractivity contribution in [3.8, 4) is 5.75 Å². The molecule has 1 N–H and O–H groups in total. The Morgan fingerprint density at radius 1 is 1.32 bits per heavy atom. The van der Waals surface area contributed by atoms with Crippen molar-refractivity contribution in [1.29, 1.82) is 0 Å². The Morgan fingerprint density at radius 3 is 2.41 bits per heavy atom. The van der Waals surface area contributed by atoms with Crippen LogP contribution in [-0.2, 0) is 10.3 Å². The number of hydrogen-bond acceptors (Lipinski definition) is 5. The molecule has 0 bridgehead atoms. The summed E-state index contributed by atoms with van der Waals surface area (Å²) in [6, 6.07) is 3.54. The number of ether oxygens (including phenoxy) is 2. The normalized spacial score (nSPS) is 18.0. The van der Waals surface area contributed by atoms with Crippen LogP contribution >= 0.6 is 0 Å². The van der Waals surface area contributed by atoms with Crippen LogP contribution in [-0.4, -0.2) is 46.9 Å². The summed E-state index contributed by atoms with van der Waals surface area (Å²) in [4.78, 5) is 17.9. The fourth-order valence-corrected chi connectivity index (χ4v) is 2.42. The zero-order valence-electron chi connectivity index (χ0n) is 13.6. The van der Waals surface area contributed by atoms with Crippen molar-refractivity contribution in [2.45, 2.75) is 44.8 Å². The van der Waals surface area contributed by atoms with Gasteiger partial charge >= 0.3 is 6.09 Å². The lowest BCUT2D eigenvalue weighted by Gasteiger charge is -2.38. The first-order chi connectivity index (χ1) is 10.2. The van der Waals surface area contributed by atoms with Crippen LogP contribution in [0.25, 0.3) is 0 Å². The molecule has 22 heavy (non-hydrogen) atoms. The highest BCUT2D eigenvalue weighted by Gasteiger charge is 2.37. The molecule has 1 amide bonds.